The number of amides is 4. The Morgan fingerprint density at radius 3 is 2.54 bits per heavy atom. The van der Waals surface area contributed by atoms with Crippen LogP contribution in [0.5, 0.6) is 0 Å². The zero-order valence-electron chi connectivity index (χ0n) is 38.9. The van der Waals surface area contributed by atoms with Crippen LogP contribution in [0.3, 0.4) is 0 Å². The molecule has 0 radical (unpaired) electrons. The molecule has 3 aliphatic heterocycles. The molecule has 0 saturated carbocycles. The van der Waals surface area contributed by atoms with Gasteiger partial charge in [-0.05, 0) is 61.1 Å². The van der Waals surface area contributed by atoms with Crippen LogP contribution in [-0.4, -0.2) is 131 Å². The summed E-state index contributed by atoms with van der Waals surface area (Å²) in [6.07, 6.45) is 4.09. The number of ether oxygens (including phenoxy) is 5. The Labute approximate surface area is 415 Å². The summed E-state index contributed by atoms with van der Waals surface area (Å²) in [6.45, 7) is 3.73. The molecule has 0 bridgehead atoms. The third kappa shape index (κ3) is 11.5. The summed E-state index contributed by atoms with van der Waals surface area (Å²) in [5, 5.41) is 15.3. The van der Waals surface area contributed by atoms with E-state index in [-0.39, 0.29) is 55.3 Å². The number of piperidine rings is 1. The van der Waals surface area contributed by atoms with Crippen LogP contribution in [0, 0.1) is 0 Å². The van der Waals surface area contributed by atoms with Crippen molar-refractivity contribution in [3.63, 3.8) is 0 Å². The molecule has 0 aliphatic carbocycles. The average Bonchev–Trinajstić information content (AvgIpc) is 4.17. The quantitative estimate of drug-likeness (QED) is 0.0273. The van der Waals surface area contributed by atoms with E-state index in [1.807, 2.05) is 42.6 Å². The topological polar surface area (TPSA) is 236 Å². The minimum atomic E-state index is -1.03. The number of methoxy groups -OCH3 is 1. The summed E-state index contributed by atoms with van der Waals surface area (Å²) in [5.41, 5.74) is 5.42. The van der Waals surface area contributed by atoms with Crippen molar-refractivity contribution in [3.05, 3.63) is 116 Å². The summed E-state index contributed by atoms with van der Waals surface area (Å²) in [7, 11) is 1.45. The molecular weight excluding hydrogens is 955 g/mol. The van der Waals surface area contributed by atoms with Crippen LogP contribution in [0.25, 0.3) is 10.2 Å². The van der Waals surface area contributed by atoms with Gasteiger partial charge in [-0.15, -0.1) is 27.8 Å². The number of carbonyl (C=O) groups excluding carboxylic acids is 6. The number of imide groups is 2. The highest BCUT2D eigenvalue weighted by Gasteiger charge is 2.45. The largest absolute Gasteiger partial charge is 0.434 e. The number of benzene rings is 3. The molecule has 71 heavy (non-hydrogen) atoms. The van der Waals surface area contributed by atoms with Gasteiger partial charge in [0.05, 0.1) is 73.6 Å². The summed E-state index contributed by atoms with van der Waals surface area (Å²) in [5.74, 6) is -2.77. The van der Waals surface area contributed by atoms with Gasteiger partial charge in [-0.25, -0.2) is 14.8 Å². The molecule has 9 rings (SSSR count). The van der Waals surface area contributed by atoms with E-state index < -0.39 is 35.6 Å². The first kappa shape index (κ1) is 49.2. The van der Waals surface area contributed by atoms with E-state index in [4.69, 9.17) is 28.7 Å². The van der Waals surface area contributed by atoms with Crippen molar-refractivity contribution < 1.29 is 52.5 Å². The number of hydrogen-bond donors (Lipinski definition) is 2. The molecule has 1 saturated heterocycles. The van der Waals surface area contributed by atoms with Gasteiger partial charge in [0.15, 0.2) is 23.4 Å². The van der Waals surface area contributed by atoms with Crippen LogP contribution in [-0.2, 0) is 72.2 Å². The smallest absolute Gasteiger partial charge is 0.360 e. The maximum absolute atomic E-state index is 13.7. The van der Waals surface area contributed by atoms with E-state index in [9.17, 15) is 28.8 Å². The predicted molar refractivity (Wildman–Crippen MR) is 259 cm³/mol. The Hall–Kier alpha value is -6.82. The summed E-state index contributed by atoms with van der Waals surface area (Å²) in [4.78, 5) is 90.6. The predicted octanol–water partition coefficient (Wildman–Crippen LogP) is 4.79. The van der Waals surface area contributed by atoms with Gasteiger partial charge < -0.3 is 33.9 Å². The van der Waals surface area contributed by atoms with Crippen molar-refractivity contribution in [1.29, 1.82) is 0 Å². The van der Waals surface area contributed by atoms with Gasteiger partial charge >= 0.3 is 5.97 Å². The normalized spacial score (nSPS) is 15.6. The van der Waals surface area contributed by atoms with Crippen molar-refractivity contribution in [2.75, 3.05) is 70.2 Å². The number of para-hydroxylation sites is 1. The van der Waals surface area contributed by atoms with E-state index in [0.717, 1.165) is 42.5 Å². The summed E-state index contributed by atoms with van der Waals surface area (Å²) in [6, 6.07) is 17.6. The first-order valence-electron chi connectivity index (χ1n) is 23.2. The molecule has 1 fully saturated rings. The number of nitrogens with zero attached hydrogens (tertiary/aromatic N) is 7. The monoisotopic (exact) mass is 1010 g/mol. The van der Waals surface area contributed by atoms with Crippen molar-refractivity contribution in [2.24, 2.45) is 0 Å². The van der Waals surface area contributed by atoms with Crippen LogP contribution in [0.4, 0.5) is 10.8 Å². The van der Waals surface area contributed by atoms with Crippen molar-refractivity contribution in [2.45, 2.75) is 64.3 Å². The lowest BCUT2D eigenvalue weighted by atomic mass is 9.92. The number of hydrogen-bond acceptors (Lipinski definition) is 19. The highest BCUT2D eigenvalue weighted by Crippen LogP contribution is 2.35. The Morgan fingerprint density at radius 1 is 0.887 bits per heavy atom. The minimum Gasteiger partial charge on any atom is -0.434 e. The van der Waals surface area contributed by atoms with Gasteiger partial charge in [0.25, 0.3) is 11.8 Å². The fourth-order valence-electron chi connectivity index (χ4n) is 8.67. The summed E-state index contributed by atoms with van der Waals surface area (Å²) >= 11 is 2.99. The zero-order valence-corrected chi connectivity index (χ0v) is 40.5. The molecule has 3 aliphatic rings. The van der Waals surface area contributed by atoms with Crippen molar-refractivity contribution >= 4 is 79.1 Å². The van der Waals surface area contributed by atoms with Crippen LogP contribution < -0.4 is 15.5 Å². The van der Waals surface area contributed by atoms with Gasteiger partial charge in [-0.1, -0.05) is 41.6 Å². The number of carbonyl (C=O) groups is 6. The van der Waals surface area contributed by atoms with Crippen LogP contribution in [0.2, 0.25) is 0 Å². The number of thiazole rings is 2. The molecule has 370 valence electrons. The summed E-state index contributed by atoms with van der Waals surface area (Å²) < 4.78 is 30.2. The van der Waals surface area contributed by atoms with Gasteiger partial charge in [0, 0.05) is 55.8 Å². The third-order valence-electron chi connectivity index (χ3n) is 12.1. The molecule has 22 heteroatoms. The lowest BCUT2D eigenvalue weighted by molar-refractivity contribution is -0.136. The Kier molecular flexibility index (Phi) is 15.9. The number of aryl methyl sites for hydroxylation is 2. The number of Topliss-reactive ketones (excluding diaryl/α,β-unsaturated/α-hetero) is 1. The maximum Gasteiger partial charge on any atom is 0.360 e. The molecule has 20 nitrogen and oxygen atoms in total. The molecule has 4 amide bonds. The second-order valence-electron chi connectivity index (χ2n) is 16.9. The van der Waals surface area contributed by atoms with Crippen molar-refractivity contribution in [3.8, 4) is 0 Å². The second-order valence-corrected chi connectivity index (χ2v) is 19.0. The molecule has 0 spiro atoms. The molecular formula is C49H51N9O11S2. The standard InChI is InChI=1S/C49H51N9O11S2/c1-65-29-69-48(64)44-40(71-49(53-44)56-19-16-30-7-4-8-32(34(30)27-56)38(59)25-42-51-35-10-2-3-12-39(35)70-42)13-6-18-57-26-31(54-55-57)28-68-24-23-67-22-21-66-20-17-50-36-11-5-9-33-43(36)47(63)58(46(33)62)37-14-15-41(60)52-45(37)61/h2-5,7-12,26,37,50H,6,13-25,27-29H2,1H3,(H,52,60,61). The average molecular weight is 1010 g/mol. The van der Waals surface area contributed by atoms with E-state index in [0.29, 0.717) is 94.1 Å². The van der Waals surface area contributed by atoms with Gasteiger partial charge in [0.2, 0.25) is 11.8 Å². The number of fused-ring (bicyclic) bond motifs is 3. The number of nitrogens with one attached hydrogen (secondary N) is 2. The van der Waals surface area contributed by atoms with E-state index in [2.05, 4.69) is 36.9 Å². The molecule has 6 heterocycles. The molecule has 2 N–H and O–H groups in total. The molecule has 1 atom stereocenters. The molecule has 6 aromatic rings. The number of aromatic nitrogens is 5. The number of esters is 1. The third-order valence-corrected chi connectivity index (χ3v) is 14.3. The molecule has 1 unspecified atom stereocenters. The van der Waals surface area contributed by atoms with Crippen molar-refractivity contribution in [1.82, 2.24) is 35.2 Å². The van der Waals surface area contributed by atoms with Gasteiger partial charge in [0.1, 0.15) is 16.7 Å². The lowest BCUT2D eigenvalue weighted by Gasteiger charge is -2.29. The fourth-order valence-corrected chi connectivity index (χ4v) is 10.8. The van der Waals surface area contributed by atoms with Crippen LogP contribution >= 0.6 is 22.7 Å². The van der Waals surface area contributed by atoms with E-state index >= 15 is 0 Å². The van der Waals surface area contributed by atoms with Crippen LogP contribution in [0.1, 0.15) is 87.5 Å². The minimum absolute atomic E-state index is 0.0188. The molecule has 3 aromatic heterocycles. The Balaban J connectivity index is 0.686. The van der Waals surface area contributed by atoms with Crippen LogP contribution in [0.15, 0.2) is 66.9 Å². The van der Waals surface area contributed by atoms with E-state index in [1.54, 1.807) is 22.9 Å². The fraction of sp³-hybridized carbons (Fsp3) is 0.388. The number of anilines is 2. The first-order chi connectivity index (χ1) is 34.6. The second kappa shape index (κ2) is 22.9. The van der Waals surface area contributed by atoms with Gasteiger partial charge in [-0.3, -0.25) is 38.9 Å². The molecule has 3 aromatic carbocycles. The maximum atomic E-state index is 13.7. The van der Waals surface area contributed by atoms with Gasteiger partial charge in [-0.2, -0.15) is 0 Å². The Bertz CT molecular complexity index is 2920. The zero-order chi connectivity index (χ0) is 49.3. The number of ketones is 1. The Morgan fingerprint density at radius 2 is 1.70 bits per heavy atom. The highest BCUT2D eigenvalue weighted by atomic mass is 32.1. The SMILES string of the molecule is COCOC(=O)c1nc(N2CCc3cccc(C(=O)Cc4nc5ccccc5s4)c3C2)sc1CCCn1cc(COCCOCCOCCNc2cccc3c2C(=O)N(C2CCC(=O)NC2=O)C3=O)nn1. The van der Waals surface area contributed by atoms with E-state index in [1.165, 1.54) is 29.8 Å². The first-order valence-corrected chi connectivity index (χ1v) is 24.9. The number of rotatable bonds is 24. The lowest BCUT2D eigenvalue weighted by Crippen LogP contribution is -2.54. The highest BCUT2D eigenvalue weighted by molar-refractivity contribution is 7.18.